The van der Waals surface area contributed by atoms with Crippen molar-refractivity contribution in [2.24, 2.45) is 0 Å². The molecular formula is C66H44N2. The largest absolute Gasteiger partial charge is 0.309 e. The number of rotatable bonds is 8. The van der Waals surface area contributed by atoms with Gasteiger partial charge >= 0.3 is 0 Å². The van der Waals surface area contributed by atoms with Crippen molar-refractivity contribution in [1.29, 1.82) is 0 Å². The van der Waals surface area contributed by atoms with Crippen LogP contribution in [0.4, 0.5) is 0 Å². The Morgan fingerprint density at radius 2 is 0.426 bits per heavy atom. The maximum Gasteiger partial charge on any atom is 0.0541 e. The van der Waals surface area contributed by atoms with E-state index in [0.29, 0.717) is 0 Å². The van der Waals surface area contributed by atoms with Crippen LogP contribution in [0.25, 0.3) is 122 Å². The maximum atomic E-state index is 2.39. The van der Waals surface area contributed by atoms with Crippen LogP contribution in [0.3, 0.4) is 0 Å². The molecule has 0 aliphatic rings. The van der Waals surface area contributed by atoms with Gasteiger partial charge in [0.1, 0.15) is 0 Å². The van der Waals surface area contributed by atoms with Crippen molar-refractivity contribution in [3.8, 4) is 78.1 Å². The van der Waals surface area contributed by atoms with Crippen LogP contribution in [-0.4, -0.2) is 9.13 Å². The Bertz CT molecular complexity index is 4010. The summed E-state index contributed by atoms with van der Waals surface area (Å²) < 4.78 is 4.76. The molecule has 0 fully saturated rings. The van der Waals surface area contributed by atoms with E-state index in [4.69, 9.17) is 0 Å². The van der Waals surface area contributed by atoms with Gasteiger partial charge in [-0.25, -0.2) is 0 Å². The Kier molecular flexibility index (Phi) is 9.54. The first-order valence-corrected chi connectivity index (χ1v) is 23.4. The minimum absolute atomic E-state index is 1.16. The maximum absolute atomic E-state index is 2.39. The molecule has 13 aromatic rings. The van der Waals surface area contributed by atoms with Crippen LogP contribution in [0.1, 0.15) is 0 Å². The van der Waals surface area contributed by atoms with Gasteiger partial charge in [-0.15, -0.1) is 0 Å². The summed E-state index contributed by atoms with van der Waals surface area (Å²) in [5.41, 5.74) is 21.5. The van der Waals surface area contributed by atoms with Gasteiger partial charge in [-0.3, -0.25) is 0 Å². The number of nitrogens with zero attached hydrogens (tertiary/aromatic N) is 2. The summed E-state index contributed by atoms with van der Waals surface area (Å²) in [6.45, 7) is 0. The molecule has 2 nitrogen and oxygen atoms in total. The summed E-state index contributed by atoms with van der Waals surface area (Å²) in [6, 6.07) is 97.4. The van der Waals surface area contributed by atoms with E-state index in [-0.39, 0.29) is 0 Å². The van der Waals surface area contributed by atoms with Crippen LogP contribution in [0.2, 0.25) is 0 Å². The first-order chi connectivity index (χ1) is 33.7. The van der Waals surface area contributed by atoms with Crippen LogP contribution in [0.5, 0.6) is 0 Å². The van der Waals surface area contributed by atoms with Gasteiger partial charge in [0.15, 0.2) is 0 Å². The van der Waals surface area contributed by atoms with Crippen molar-refractivity contribution in [2.45, 2.75) is 0 Å². The highest BCUT2D eigenvalue weighted by Gasteiger charge is 2.17. The lowest BCUT2D eigenvalue weighted by Crippen LogP contribution is -1.93. The van der Waals surface area contributed by atoms with Gasteiger partial charge in [0.2, 0.25) is 0 Å². The van der Waals surface area contributed by atoms with Gasteiger partial charge in [0, 0.05) is 32.9 Å². The summed E-state index contributed by atoms with van der Waals surface area (Å²) >= 11 is 0. The normalized spacial score (nSPS) is 11.5. The standard InChI is InChI=1S/C66H44N2/c1-4-16-45(17-5-1)54-32-35-65-61(42-54)62-44-56(34-37-66(62)68(65)58-28-8-3-9-29-58)53-25-15-23-51(41-53)49-21-13-19-47(39-49)46-18-12-20-48(38-46)50-22-14-24-52(40-50)55-33-36-64-60(43-55)59-30-10-11-31-63(59)67(64)57-26-6-2-7-27-57/h1-44H. The monoisotopic (exact) mass is 864 g/mol. The molecule has 0 N–H and O–H groups in total. The SMILES string of the molecule is c1ccc(-c2ccc3c(c2)c2cc(-c4cccc(-c5cccc(-c6cccc(-c7cccc(-c8ccc9c(c8)c8ccccc8n9-c8ccccc8)c7)c6)c5)c4)ccc2n3-c2ccccc2)cc1. The van der Waals surface area contributed by atoms with Gasteiger partial charge < -0.3 is 9.13 Å². The molecule has 13 rings (SSSR count). The average Bonchev–Trinajstić information content (AvgIpc) is 3.93. The van der Waals surface area contributed by atoms with Gasteiger partial charge in [0.25, 0.3) is 0 Å². The number of benzene rings is 11. The highest BCUT2D eigenvalue weighted by molar-refractivity contribution is 6.12. The van der Waals surface area contributed by atoms with E-state index in [0.717, 1.165) is 5.69 Å². The summed E-state index contributed by atoms with van der Waals surface area (Å²) in [4.78, 5) is 0. The van der Waals surface area contributed by atoms with E-state index >= 15 is 0 Å². The third-order valence-corrected chi connectivity index (χ3v) is 13.7. The minimum Gasteiger partial charge on any atom is -0.309 e. The molecule has 0 amide bonds. The van der Waals surface area contributed by atoms with Crippen molar-refractivity contribution >= 4 is 43.6 Å². The lowest BCUT2D eigenvalue weighted by molar-refractivity contribution is 1.18. The first-order valence-electron chi connectivity index (χ1n) is 23.4. The fraction of sp³-hybridized carbons (Fsp3) is 0. The van der Waals surface area contributed by atoms with Gasteiger partial charge in [-0.1, -0.05) is 176 Å². The van der Waals surface area contributed by atoms with Crippen molar-refractivity contribution in [3.05, 3.63) is 267 Å². The van der Waals surface area contributed by atoms with Crippen LogP contribution in [-0.2, 0) is 0 Å². The molecule has 0 atom stereocenters. The quantitative estimate of drug-likeness (QED) is 0.144. The zero-order valence-corrected chi connectivity index (χ0v) is 37.3. The van der Waals surface area contributed by atoms with Crippen molar-refractivity contribution < 1.29 is 0 Å². The third-order valence-electron chi connectivity index (χ3n) is 13.7. The number of hydrogen-bond acceptors (Lipinski definition) is 0. The Balaban J connectivity index is 0.826. The molecule has 0 aliphatic heterocycles. The lowest BCUT2D eigenvalue weighted by Gasteiger charge is -2.11. The van der Waals surface area contributed by atoms with Gasteiger partial charge in [0.05, 0.1) is 22.1 Å². The summed E-state index contributed by atoms with van der Waals surface area (Å²) in [6.07, 6.45) is 0. The summed E-state index contributed by atoms with van der Waals surface area (Å²) in [7, 11) is 0. The molecule has 11 aromatic carbocycles. The highest BCUT2D eigenvalue weighted by Crippen LogP contribution is 2.40. The number of aromatic nitrogens is 2. The molecule has 68 heavy (non-hydrogen) atoms. The predicted octanol–water partition coefficient (Wildman–Crippen LogP) is 17.9. The Labute approximate surface area is 395 Å². The van der Waals surface area contributed by atoms with Gasteiger partial charge in [-0.05, 0) is 158 Å². The predicted molar refractivity (Wildman–Crippen MR) is 288 cm³/mol. The molecule has 2 heterocycles. The van der Waals surface area contributed by atoms with Gasteiger partial charge in [-0.2, -0.15) is 0 Å². The molecule has 0 radical (unpaired) electrons. The first kappa shape index (κ1) is 39.4. The highest BCUT2D eigenvalue weighted by atomic mass is 15.0. The summed E-state index contributed by atoms with van der Waals surface area (Å²) in [5, 5.41) is 5.00. The second-order valence-corrected chi connectivity index (χ2v) is 17.7. The number of para-hydroxylation sites is 3. The fourth-order valence-electron chi connectivity index (χ4n) is 10.4. The second kappa shape index (κ2) is 16.5. The Morgan fingerprint density at radius 1 is 0.162 bits per heavy atom. The third kappa shape index (κ3) is 6.90. The molecule has 0 spiro atoms. The molecular weight excluding hydrogens is 821 g/mol. The zero-order valence-electron chi connectivity index (χ0n) is 37.3. The van der Waals surface area contributed by atoms with Crippen LogP contribution in [0.15, 0.2) is 267 Å². The lowest BCUT2D eigenvalue weighted by atomic mass is 9.93. The minimum atomic E-state index is 1.16. The van der Waals surface area contributed by atoms with E-state index in [2.05, 4.69) is 276 Å². The fourth-order valence-corrected chi connectivity index (χ4v) is 10.4. The Morgan fingerprint density at radius 3 is 0.809 bits per heavy atom. The molecule has 2 heteroatoms. The van der Waals surface area contributed by atoms with Crippen molar-refractivity contribution in [2.75, 3.05) is 0 Å². The smallest absolute Gasteiger partial charge is 0.0541 e. The van der Waals surface area contributed by atoms with E-state index < -0.39 is 0 Å². The van der Waals surface area contributed by atoms with E-state index in [1.165, 1.54) is 116 Å². The van der Waals surface area contributed by atoms with E-state index in [9.17, 15) is 0 Å². The molecule has 0 bridgehead atoms. The average molecular weight is 865 g/mol. The molecule has 0 saturated carbocycles. The number of fused-ring (bicyclic) bond motifs is 6. The van der Waals surface area contributed by atoms with Crippen LogP contribution in [0, 0.1) is 0 Å². The molecule has 318 valence electrons. The molecule has 0 unspecified atom stereocenters. The molecule has 0 saturated heterocycles. The topological polar surface area (TPSA) is 9.86 Å². The Hall–Kier alpha value is -8.98. The number of hydrogen-bond donors (Lipinski definition) is 0. The van der Waals surface area contributed by atoms with E-state index in [1.807, 2.05) is 0 Å². The molecule has 0 aliphatic carbocycles. The van der Waals surface area contributed by atoms with Crippen LogP contribution < -0.4 is 0 Å². The summed E-state index contributed by atoms with van der Waals surface area (Å²) in [5.74, 6) is 0. The molecule has 2 aromatic heterocycles. The van der Waals surface area contributed by atoms with Crippen molar-refractivity contribution in [1.82, 2.24) is 9.13 Å². The zero-order chi connectivity index (χ0) is 45.0. The second-order valence-electron chi connectivity index (χ2n) is 17.7. The van der Waals surface area contributed by atoms with E-state index in [1.54, 1.807) is 0 Å². The van der Waals surface area contributed by atoms with Crippen molar-refractivity contribution in [3.63, 3.8) is 0 Å². The van der Waals surface area contributed by atoms with Crippen LogP contribution >= 0.6 is 0 Å².